The van der Waals surface area contributed by atoms with Gasteiger partial charge >= 0.3 is 0 Å². The van der Waals surface area contributed by atoms with E-state index in [2.05, 4.69) is 64.4 Å². The summed E-state index contributed by atoms with van der Waals surface area (Å²) in [5.74, 6) is 4.91. The van der Waals surface area contributed by atoms with Crippen LogP contribution in [0.25, 0.3) is 0 Å². The van der Waals surface area contributed by atoms with Crippen molar-refractivity contribution in [3.63, 3.8) is 0 Å². The van der Waals surface area contributed by atoms with Crippen LogP contribution in [0.5, 0.6) is 0 Å². The molecular formula is C23H50BrCl. The maximum absolute atomic E-state index is 6.72. The van der Waals surface area contributed by atoms with Crippen LogP contribution in [0.4, 0.5) is 0 Å². The van der Waals surface area contributed by atoms with Crippen LogP contribution in [0.2, 0.25) is 0 Å². The molecule has 156 valence electrons. The molecule has 2 heteroatoms. The first-order valence-electron chi connectivity index (χ1n) is 11.7. The molecule has 25 heavy (non-hydrogen) atoms. The fourth-order valence-corrected chi connectivity index (χ4v) is 2.04. The van der Waals surface area contributed by atoms with Crippen LogP contribution in [-0.4, -0.2) is 10.2 Å². The van der Waals surface area contributed by atoms with E-state index in [1.807, 2.05) is 13.8 Å². The zero-order valence-corrected chi connectivity index (χ0v) is 21.3. The predicted octanol–water partition coefficient (Wildman–Crippen LogP) is 9.44. The molecule has 0 spiro atoms. The normalized spacial score (nSPS) is 23.0. The lowest BCUT2D eigenvalue weighted by Crippen LogP contribution is -1.89. The molecule has 2 aliphatic rings. The maximum atomic E-state index is 6.72. The Balaban J connectivity index is -0.000000285. The van der Waals surface area contributed by atoms with Gasteiger partial charge in [-0.3, -0.25) is 0 Å². The van der Waals surface area contributed by atoms with Crippen molar-refractivity contribution >= 4 is 27.5 Å². The van der Waals surface area contributed by atoms with Crippen LogP contribution in [0.15, 0.2) is 0 Å². The molecule has 0 saturated heterocycles. The molecule has 2 saturated carbocycles. The SMILES string of the molecule is CC(C)Br.CC(C)C1CC1.CC(C)C1CC1C.CC(C)Cl.[2H]C([2H])([2H])C(C)C. The first-order chi connectivity index (χ1) is 12.4. The van der Waals surface area contributed by atoms with Crippen LogP contribution in [0.1, 0.15) is 106 Å². The molecule has 0 amide bonds. The zero-order chi connectivity index (χ0) is 23.2. The van der Waals surface area contributed by atoms with Crippen molar-refractivity contribution in [2.75, 3.05) is 0 Å². The van der Waals surface area contributed by atoms with Gasteiger partial charge in [0.1, 0.15) is 0 Å². The van der Waals surface area contributed by atoms with Gasteiger partial charge in [0.25, 0.3) is 0 Å². The van der Waals surface area contributed by atoms with E-state index in [0.717, 1.165) is 29.6 Å². The molecular weight excluding hydrogens is 392 g/mol. The lowest BCUT2D eigenvalue weighted by molar-refractivity contribution is 0.530. The predicted molar refractivity (Wildman–Crippen MR) is 125 cm³/mol. The third-order valence-electron chi connectivity index (χ3n) is 3.59. The van der Waals surface area contributed by atoms with Crippen molar-refractivity contribution in [1.82, 2.24) is 0 Å². The summed E-state index contributed by atoms with van der Waals surface area (Å²) in [6.07, 6.45) is 4.48. The molecule has 2 fully saturated rings. The highest BCUT2D eigenvalue weighted by Crippen LogP contribution is 2.43. The van der Waals surface area contributed by atoms with Gasteiger partial charge in [0.2, 0.25) is 0 Å². The van der Waals surface area contributed by atoms with Gasteiger partial charge in [0, 0.05) is 14.3 Å². The number of rotatable bonds is 2. The molecule has 0 nitrogen and oxygen atoms in total. The smallest absolute Gasteiger partial charge is 0.0279 e. The zero-order valence-electron chi connectivity index (χ0n) is 22.0. The van der Waals surface area contributed by atoms with Crippen LogP contribution in [0.3, 0.4) is 0 Å². The fourth-order valence-electron chi connectivity index (χ4n) is 2.04. The number of halogens is 2. The van der Waals surface area contributed by atoms with Crippen molar-refractivity contribution in [2.45, 2.75) is 112 Å². The van der Waals surface area contributed by atoms with Gasteiger partial charge in [-0.15, -0.1) is 11.6 Å². The lowest BCUT2D eigenvalue weighted by atomic mass is 10.1. The average Bonchev–Trinajstić information content (AvgIpc) is 3.31. The summed E-state index contributed by atoms with van der Waals surface area (Å²) >= 11 is 8.55. The molecule has 0 aromatic carbocycles. The second-order valence-corrected chi connectivity index (χ2v) is 11.6. The van der Waals surface area contributed by atoms with Crippen molar-refractivity contribution in [2.24, 2.45) is 35.5 Å². The number of hydrogen-bond donors (Lipinski definition) is 0. The Morgan fingerprint density at radius 2 is 1.16 bits per heavy atom. The maximum Gasteiger partial charge on any atom is 0.0279 e. The molecule has 2 rings (SSSR count). The Morgan fingerprint density at radius 3 is 1.16 bits per heavy atom. The number of alkyl halides is 2. The van der Waals surface area contributed by atoms with E-state index in [1.54, 1.807) is 13.8 Å². The topological polar surface area (TPSA) is 0 Å². The largest absolute Gasteiger partial charge is 0.124 e. The van der Waals surface area contributed by atoms with Gasteiger partial charge in [0.05, 0.1) is 0 Å². The summed E-state index contributed by atoms with van der Waals surface area (Å²) in [4.78, 5) is 0.646. The summed E-state index contributed by atoms with van der Waals surface area (Å²) in [7, 11) is 0. The quantitative estimate of drug-likeness (QED) is 0.372. The van der Waals surface area contributed by atoms with Crippen LogP contribution in [0, 0.1) is 35.5 Å². The van der Waals surface area contributed by atoms with Gasteiger partial charge in [0.15, 0.2) is 0 Å². The molecule has 0 radical (unpaired) electrons. The third-order valence-corrected chi connectivity index (χ3v) is 3.59. The highest BCUT2D eigenvalue weighted by molar-refractivity contribution is 9.09. The molecule has 2 atom stereocenters. The summed E-state index contributed by atoms with van der Waals surface area (Å²) in [5.41, 5.74) is 0. The molecule has 0 heterocycles. The van der Waals surface area contributed by atoms with Gasteiger partial charge in [-0.25, -0.2) is 0 Å². The number of hydrogen-bond acceptors (Lipinski definition) is 0. The average molecular weight is 445 g/mol. The molecule has 0 bridgehead atoms. The monoisotopic (exact) mass is 443 g/mol. The van der Waals surface area contributed by atoms with Gasteiger partial charge in [-0.05, 0) is 68.6 Å². The minimum Gasteiger partial charge on any atom is -0.124 e. The van der Waals surface area contributed by atoms with E-state index in [1.165, 1.54) is 19.3 Å². The summed E-state index contributed by atoms with van der Waals surface area (Å²) in [6.45, 7) is 21.2. The van der Waals surface area contributed by atoms with Crippen molar-refractivity contribution in [1.29, 1.82) is 0 Å². The Hall–Kier alpha value is 0.770. The lowest BCUT2D eigenvalue weighted by Gasteiger charge is -1.97. The molecule has 0 aliphatic heterocycles. The van der Waals surface area contributed by atoms with Gasteiger partial charge in [-0.1, -0.05) is 85.1 Å². The Morgan fingerprint density at radius 1 is 0.880 bits per heavy atom. The van der Waals surface area contributed by atoms with E-state index >= 15 is 0 Å². The minimum absolute atomic E-state index is 0.201. The standard InChI is InChI=1S/C7H14.C6H12.C4H10.C3H7Br.C3H7Cl/c1-5(2)7-4-6(7)3;1-5(2)6-3-4-6;1-4(2)3;2*1-3(2)4/h5-7H,4H2,1-3H3;5-6H,3-4H2,1-2H3;4H,1-3H3;2*3H,1-2H3/i;;1D3;;. The van der Waals surface area contributed by atoms with Crippen LogP contribution >= 0.6 is 27.5 Å². The Labute approximate surface area is 179 Å². The van der Waals surface area contributed by atoms with E-state index in [9.17, 15) is 0 Å². The molecule has 0 aromatic rings. The second-order valence-electron chi connectivity index (χ2n) is 8.88. The summed E-state index contributed by atoms with van der Waals surface area (Å²) in [5, 5.41) is 0.306. The van der Waals surface area contributed by atoms with Gasteiger partial charge in [-0.2, -0.15) is 0 Å². The first-order valence-corrected chi connectivity index (χ1v) is 11.6. The van der Waals surface area contributed by atoms with Crippen LogP contribution in [-0.2, 0) is 0 Å². The fraction of sp³-hybridized carbons (Fsp3) is 1.00. The molecule has 2 aliphatic carbocycles. The highest BCUT2D eigenvalue weighted by Gasteiger charge is 2.34. The van der Waals surface area contributed by atoms with E-state index in [0.29, 0.717) is 10.2 Å². The summed E-state index contributed by atoms with van der Waals surface area (Å²) in [6, 6.07) is 0. The molecule has 2 unspecified atom stereocenters. The second kappa shape index (κ2) is 18.1. The first kappa shape index (κ1) is 23.8. The molecule has 0 N–H and O–H groups in total. The van der Waals surface area contributed by atoms with Gasteiger partial charge < -0.3 is 0 Å². The van der Waals surface area contributed by atoms with Crippen molar-refractivity contribution < 1.29 is 4.11 Å². The Kier molecular flexibility index (Phi) is 17.3. The third kappa shape index (κ3) is 40.7. The van der Waals surface area contributed by atoms with Crippen molar-refractivity contribution in [3.05, 3.63) is 0 Å². The highest BCUT2D eigenvalue weighted by atomic mass is 79.9. The minimum atomic E-state index is -1.75. The van der Waals surface area contributed by atoms with Crippen molar-refractivity contribution in [3.8, 4) is 0 Å². The van der Waals surface area contributed by atoms with E-state index in [4.69, 9.17) is 15.7 Å². The van der Waals surface area contributed by atoms with Crippen LogP contribution < -0.4 is 0 Å². The Bertz CT molecular complexity index is 324. The van der Waals surface area contributed by atoms with E-state index < -0.39 is 6.85 Å². The van der Waals surface area contributed by atoms with E-state index in [-0.39, 0.29) is 5.92 Å². The molecule has 0 aromatic heterocycles. The summed E-state index contributed by atoms with van der Waals surface area (Å²) < 4.78 is 20.2.